The molecule has 2 unspecified atom stereocenters. The van der Waals surface area contributed by atoms with Crippen LogP contribution >= 0.6 is 0 Å². The summed E-state index contributed by atoms with van der Waals surface area (Å²) < 4.78 is 5.50. The first-order chi connectivity index (χ1) is 44.5. The summed E-state index contributed by atoms with van der Waals surface area (Å²) in [6.07, 6.45) is 103. The van der Waals surface area contributed by atoms with Crippen molar-refractivity contribution in [2.45, 2.75) is 488 Å². The van der Waals surface area contributed by atoms with Crippen LogP contribution in [0.4, 0.5) is 0 Å². The van der Waals surface area contributed by atoms with Crippen molar-refractivity contribution in [2.24, 2.45) is 0 Å². The molecule has 0 spiro atoms. The third-order valence-corrected chi connectivity index (χ3v) is 19.8. The zero-order valence-electron chi connectivity index (χ0n) is 61.4. The maximum absolute atomic E-state index is 12.6. The molecule has 0 saturated heterocycles. The second-order valence-corrected chi connectivity index (χ2v) is 28.8. The van der Waals surface area contributed by atoms with Gasteiger partial charge < -0.3 is 20.3 Å². The number of nitrogens with one attached hydrogen (secondary N) is 1. The van der Waals surface area contributed by atoms with Gasteiger partial charge in [-0.2, -0.15) is 0 Å². The monoisotopic (exact) mass is 1270 g/mol. The Morgan fingerprint density at radius 3 is 0.844 bits per heavy atom. The molecule has 0 aromatic rings. The highest BCUT2D eigenvalue weighted by atomic mass is 16.5. The lowest BCUT2D eigenvalue weighted by molar-refractivity contribution is -0.143. The van der Waals surface area contributed by atoms with Crippen LogP contribution in [0.3, 0.4) is 0 Å². The van der Waals surface area contributed by atoms with Crippen molar-refractivity contribution in [3.63, 3.8) is 0 Å². The van der Waals surface area contributed by atoms with E-state index in [9.17, 15) is 19.8 Å². The second kappa shape index (κ2) is 79.8. The van der Waals surface area contributed by atoms with Gasteiger partial charge in [-0.25, -0.2) is 0 Å². The van der Waals surface area contributed by atoms with Crippen molar-refractivity contribution >= 4 is 11.9 Å². The molecule has 0 heterocycles. The molecule has 1 amide bonds. The first kappa shape index (κ1) is 88.3. The molecule has 0 saturated carbocycles. The lowest BCUT2D eigenvalue weighted by Crippen LogP contribution is -2.45. The second-order valence-electron chi connectivity index (χ2n) is 28.8. The van der Waals surface area contributed by atoms with E-state index >= 15 is 0 Å². The maximum atomic E-state index is 12.6. The smallest absolute Gasteiger partial charge is 0.305 e. The Kier molecular flexibility index (Phi) is 78.3. The minimum Gasteiger partial charge on any atom is -0.466 e. The van der Waals surface area contributed by atoms with Crippen molar-refractivity contribution in [3.8, 4) is 0 Å². The Morgan fingerprint density at radius 2 is 0.556 bits per heavy atom. The van der Waals surface area contributed by atoms with Gasteiger partial charge in [0.25, 0.3) is 0 Å². The highest BCUT2D eigenvalue weighted by Crippen LogP contribution is 2.20. The molecule has 0 aromatic carbocycles. The van der Waals surface area contributed by atoms with E-state index in [0.717, 1.165) is 44.9 Å². The molecule has 0 rings (SSSR count). The van der Waals surface area contributed by atoms with Gasteiger partial charge in [0.15, 0.2) is 0 Å². The van der Waals surface area contributed by atoms with Crippen molar-refractivity contribution in [2.75, 3.05) is 13.2 Å². The fraction of sp³-hybridized carbons (Fsp3) is 0.929. The van der Waals surface area contributed by atoms with E-state index in [0.29, 0.717) is 25.9 Å². The van der Waals surface area contributed by atoms with Crippen LogP contribution in [0.5, 0.6) is 0 Å². The molecule has 6 heteroatoms. The molecular weight excluding hydrogens is 1100 g/mol. The van der Waals surface area contributed by atoms with Crippen molar-refractivity contribution < 1.29 is 24.5 Å². The lowest BCUT2D eigenvalue weighted by atomic mass is 10.0. The highest BCUT2D eigenvalue weighted by Gasteiger charge is 2.20. The Balaban J connectivity index is 3.37. The Labute approximate surface area is 564 Å². The molecule has 6 nitrogen and oxygen atoms in total. The quantitative estimate of drug-likeness (QED) is 0.0320. The third-order valence-electron chi connectivity index (χ3n) is 19.8. The number of carbonyl (C=O) groups excluding carboxylic acids is 2. The van der Waals surface area contributed by atoms with Crippen LogP contribution in [-0.2, 0) is 14.3 Å². The Morgan fingerprint density at radius 1 is 0.311 bits per heavy atom. The fourth-order valence-corrected chi connectivity index (χ4v) is 13.4. The van der Waals surface area contributed by atoms with Crippen molar-refractivity contribution in [1.29, 1.82) is 0 Å². The summed E-state index contributed by atoms with van der Waals surface area (Å²) in [5, 5.41) is 23.5. The highest BCUT2D eigenvalue weighted by molar-refractivity contribution is 5.76. The van der Waals surface area contributed by atoms with Gasteiger partial charge in [0.2, 0.25) is 5.91 Å². The van der Waals surface area contributed by atoms with Gasteiger partial charge in [0.05, 0.1) is 25.4 Å². The molecule has 0 fully saturated rings. The molecule has 0 radical (unpaired) electrons. The minimum absolute atomic E-state index is 0.0202. The fourth-order valence-electron chi connectivity index (χ4n) is 13.4. The molecular formula is C84H163NO5. The largest absolute Gasteiger partial charge is 0.466 e. The standard InChI is InChI=1S/C84H163NO5/c1-3-5-7-9-11-13-15-17-19-20-21-22-23-37-40-43-46-49-52-56-60-64-68-72-76-82(87)81(80-86)85-83(88)77-73-69-65-61-57-53-50-47-44-41-38-35-33-31-29-27-25-24-26-28-30-32-34-36-39-42-45-48-51-55-59-63-67-71-75-79-90-84(89)78-74-70-66-62-58-54-18-16-14-12-10-8-6-4-2/h26,28,32,34,81-82,86-87H,3-25,27,29-31,33,35-80H2,1-2H3,(H,85,88)/b28-26-,34-32-. The normalized spacial score (nSPS) is 12.5. The number of carbonyl (C=O) groups is 2. The SMILES string of the molecule is CCCCCCCCCCCCCCCCCCCCCCCCCCC(O)C(CO)NC(=O)CCCCCCCCCCCCCCCCCCC/C=C\C/C=C\CCCCCCCCCCCCCOC(=O)CCCCCCCCCCCCCCCC. The van der Waals surface area contributed by atoms with E-state index in [-0.39, 0.29) is 18.5 Å². The number of ether oxygens (including phenoxy) is 1. The summed E-state index contributed by atoms with van der Waals surface area (Å²) >= 11 is 0. The van der Waals surface area contributed by atoms with Crippen LogP contribution < -0.4 is 5.32 Å². The molecule has 0 bridgehead atoms. The number of hydrogen-bond acceptors (Lipinski definition) is 5. The molecule has 0 aliphatic heterocycles. The van der Waals surface area contributed by atoms with Gasteiger partial charge >= 0.3 is 5.97 Å². The number of allylic oxidation sites excluding steroid dienone is 4. The van der Waals surface area contributed by atoms with E-state index in [1.807, 2.05) is 0 Å². The van der Waals surface area contributed by atoms with Crippen LogP contribution in [-0.4, -0.2) is 47.4 Å². The molecule has 3 N–H and O–H groups in total. The molecule has 90 heavy (non-hydrogen) atoms. The van der Waals surface area contributed by atoms with Crippen molar-refractivity contribution in [3.05, 3.63) is 24.3 Å². The Bertz CT molecular complexity index is 1410. The molecule has 0 aliphatic rings. The van der Waals surface area contributed by atoms with E-state index in [2.05, 4.69) is 43.5 Å². The van der Waals surface area contributed by atoms with Crippen LogP contribution in [0, 0.1) is 0 Å². The summed E-state index contributed by atoms with van der Waals surface area (Å²) in [7, 11) is 0. The number of amides is 1. The van der Waals surface area contributed by atoms with Gasteiger partial charge in [-0.1, -0.05) is 430 Å². The summed E-state index contributed by atoms with van der Waals surface area (Å²) in [4.78, 5) is 24.7. The zero-order chi connectivity index (χ0) is 64.9. The predicted molar refractivity (Wildman–Crippen MR) is 398 cm³/mol. The number of rotatable bonds is 79. The summed E-state index contributed by atoms with van der Waals surface area (Å²) in [6, 6.07) is -0.541. The summed E-state index contributed by atoms with van der Waals surface area (Å²) in [5.74, 6) is -0.00639. The summed E-state index contributed by atoms with van der Waals surface area (Å²) in [5.41, 5.74) is 0. The molecule has 2 atom stereocenters. The molecule has 534 valence electrons. The number of aliphatic hydroxyl groups excluding tert-OH is 2. The molecule has 0 aromatic heterocycles. The van der Waals surface area contributed by atoms with Crippen LogP contribution in [0.15, 0.2) is 24.3 Å². The number of hydrogen-bond donors (Lipinski definition) is 3. The van der Waals surface area contributed by atoms with Gasteiger partial charge in [-0.05, 0) is 57.8 Å². The third kappa shape index (κ3) is 75.4. The number of aliphatic hydroxyl groups is 2. The van der Waals surface area contributed by atoms with Crippen molar-refractivity contribution in [1.82, 2.24) is 5.32 Å². The zero-order valence-corrected chi connectivity index (χ0v) is 61.4. The van der Waals surface area contributed by atoms with Gasteiger partial charge in [0.1, 0.15) is 0 Å². The first-order valence-electron chi connectivity index (χ1n) is 41.6. The van der Waals surface area contributed by atoms with E-state index < -0.39 is 12.1 Å². The predicted octanol–water partition coefficient (Wildman–Crippen LogP) is 27.6. The number of unbranched alkanes of at least 4 members (excludes halogenated alkanes) is 64. The summed E-state index contributed by atoms with van der Waals surface area (Å²) in [6.45, 7) is 5.01. The van der Waals surface area contributed by atoms with Crippen LogP contribution in [0.25, 0.3) is 0 Å². The van der Waals surface area contributed by atoms with Gasteiger partial charge in [-0.3, -0.25) is 9.59 Å². The van der Waals surface area contributed by atoms with Crippen LogP contribution in [0.1, 0.15) is 476 Å². The maximum Gasteiger partial charge on any atom is 0.305 e. The minimum atomic E-state index is -0.664. The lowest BCUT2D eigenvalue weighted by Gasteiger charge is -2.22. The topological polar surface area (TPSA) is 95.9 Å². The van der Waals surface area contributed by atoms with Crippen LogP contribution in [0.2, 0.25) is 0 Å². The first-order valence-corrected chi connectivity index (χ1v) is 41.6. The Hall–Kier alpha value is -1.66. The van der Waals surface area contributed by atoms with E-state index in [4.69, 9.17) is 4.74 Å². The van der Waals surface area contributed by atoms with E-state index in [1.165, 1.54) is 398 Å². The number of esters is 1. The van der Waals surface area contributed by atoms with Gasteiger partial charge in [-0.15, -0.1) is 0 Å². The van der Waals surface area contributed by atoms with Gasteiger partial charge in [0, 0.05) is 12.8 Å². The average molecular weight is 1270 g/mol. The van der Waals surface area contributed by atoms with E-state index in [1.54, 1.807) is 0 Å². The average Bonchev–Trinajstić information content (AvgIpc) is 3.69. The molecule has 0 aliphatic carbocycles.